The Morgan fingerprint density at radius 2 is 2.10 bits per heavy atom. The van der Waals surface area contributed by atoms with Crippen molar-refractivity contribution in [1.82, 2.24) is 24.8 Å². The Balaban J connectivity index is 1.66. The summed E-state index contributed by atoms with van der Waals surface area (Å²) in [6.07, 6.45) is 8.13. The first-order valence-electron chi connectivity index (χ1n) is 10.8. The number of aromatic nitrogens is 3. The lowest BCUT2D eigenvalue weighted by Crippen LogP contribution is -2.35. The number of carbonyl (C=O) groups is 1. The fourth-order valence-corrected chi connectivity index (χ4v) is 4.32. The molecule has 0 unspecified atom stereocenters. The van der Waals surface area contributed by atoms with Gasteiger partial charge in [0.2, 0.25) is 5.88 Å². The van der Waals surface area contributed by atoms with E-state index >= 15 is 0 Å². The highest BCUT2D eigenvalue weighted by molar-refractivity contribution is 5.97. The Kier molecular flexibility index (Phi) is 5.08. The van der Waals surface area contributed by atoms with Gasteiger partial charge >= 0.3 is 0 Å². The number of rotatable bonds is 5. The minimum Gasteiger partial charge on any atom is -0.494 e. The molecule has 3 N–H and O–H groups in total. The topological polar surface area (TPSA) is 110 Å². The van der Waals surface area contributed by atoms with Crippen molar-refractivity contribution in [2.75, 3.05) is 26.3 Å². The Morgan fingerprint density at radius 3 is 2.80 bits per heavy atom. The lowest BCUT2D eigenvalue weighted by molar-refractivity contribution is 0.0607. The van der Waals surface area contributed by atoms with Crippen molar-refractivity contribution < 1.29 is 14.6 Å². The molecule has 160 valence electrons. The van der Waals surface area contributed by atoms with Crippen molar-refractivity contribution in [2.24, 2.45) is 5.92 Å². The molecule has 0 atom stereocenters. The molecule has 0 aromatic carbocycles. The smallest absolute Gasteiger partial charge is 0.291 e. The van der Waals surface area contributed by atoms with Gasteiger partial charge in [0.15, 0.2) is 5.56 Å². The third kappa shape index (κ3) is 3.52. The predicted octanol–water partition coefficient (Wildman–Crippen LogP) is 0.897. The number of nitrogens with zero attached hydrogens (tertiary/aromatic N) is 3. The Labute approximate surface area is 173 Å². The highest BCUT2D eigenvalue weighted by Crippen LogP contribution is 2.30. The molecule has 30 heavy (non-hydrogen) atoms. The second-order valence-electron chi connectivity index (χ2n) is 8.39. The largest absolute Gasteiger partial charge is 0.494 e. The van der Waals surface area contributed by atoms with Gasteiger partial charge in [0, 0.05) is 37.9 Å². The molecule has 9 heteroatoms. The molecule has 1 saturated carbocycles. The van der Waals surface area contributed by atoms with Crippen molar-refractivity contribution in [3.63, 3.8) is 0 Å². The van der Waals surface area contributed by atoms with E-state index in [4.69, 9.17) is 4.74 Å². The van der Waals surface area contributed by atoms with E-state index in [0.29, 0.717) is 31.3 Å². The number of hydrogen-bond acceptors (Lipinski definition) is 6. The van der Waals surface area contributed by atoms with Gasteiger partial charge in [0.1, 0.15) is 5.65 Å². The molecule has 2 aromatic heterocycles. The van der Waals surface area contributed by atoms with E-state index in [1.807, 2.05) is 0 Å². The number of ether oxygens (including phenoxy) is 1. The lowest BCUT2D eigenvalue weighted by Gasteiger charge is -2.25. The summed E-state index contributed by atoms with van der Waals surface area (Å²) in [6, 6.07) is 0.0871. The summed E-state index contributed by atoms with van der Waals surface area (Å²) in [5.74, 6) is -0.505. The van der Waals surface area contributed by atoms with Crippen molar-refractivity contribution in [1.29, 1.82) is 0 Å². The van der Waals surface area contributed by atoms with E-state index in [-0.39, 0.29) is 17.5 Å². The minimum atomic E-state index is -0.579. The molecule has 9 nitrogen and oxygen atoms in total. The number of aromatic hydroxyl groups is 1. The highest BCUT2D eigenvalue weighted by Gasteiger charge is 2.31. The van der Waals surface area contributed by atoms with Crippen molar-refractivity contribution in [3.8, 4) is 5.88 Å². The monoisotopic (exact) mass is 413 g/mol. The molecule has 0 bridgehead atoms. The fraction of sp³-hybridized carbons (Fsp3) is 0.571. The summed E-state index contributed by atoms with van der Waals surface area (Å²) in [6.45, 7) is 3.47. The van der Waals surface area contributed by atoms with E-state index in [1.165, 1.54) is 4.52 Å². The molecule has 2 aromatic rings. The fourth-order valence-electron chi connectivity index (χ4n) is 4.32. The summed E-state index contributed by atoms with van der Waals surface area (Å²) in [7, 11) is 0. The first-order chi connectivity index (χ1) is 14.6. The first kappa shape index (κ1) is 19.3. The van der Waals surface area contributed by atoms with Gasteiger partial charge in [-0.05, 0) is 50.1 Å². The van der Waals surface area contributed by atoms with Crippen LogP contribution in [0, 0.1) is 5.92 Å². The van der Waals surface area contributed by atoms with Crippen LogP contribution in [-0.4, -0.2) is 57.5 Å². The standard InChI is InChI=1S/C21H27N5O4/c27-18(24-15-1-2-15)17-20(28)25(12-13-5-9-30-10-6-13)19-16(11-23-26(19)21(17)29)14-3-7-22-8-4-14/h3,11,13,15,22,28H,1-2,4-10,12H2,(H,24,27). The SMILES string of the molecule is O=C(NC1CC1)c1c(O)n(CC2CCOCC2)c2c(C3=CCNCC3)cnn2c1=O. The van der Waals surface area contributed by atoms with Gasteiger partial charge in [-0.1, -0.05) is 6.08 Å². The van der Waals surface area contributed by atoms with Gasteiger partial charge in [-0.3, -0.25) is 14.2 Å². The Hall–Kier alpha value is -2.65. The molecule has 5 rings (SSSR count). The van der Waals surface area contributed by atoms with Gasteiger partial charge in [0.05, 0.1) is 6.20 Å². The molecule has 0 radical (unpaired) electrons. The maximum Gasteiger partial charge on any atom is 0.291 e. The third-order valence-electron chi connectivity index (χ3n) is 6.22. The number of nitrogens with one attached hydrogen (secondary N) is 2. The van der Waals surface area contributed by atoms with Crippen LogP contribution in [0.4, 0.5) is 0 Å². The zero-order valence-corrected chi connectivity index (χ0v) is 16.9. The number of fused-ring (bicyclic) bond motifs is 1. The van der Waals surface area contributed by atoms with E-state index in [1.54, 1.807) is 10.8 Å². The van der Waals surface area contributed by atoms with Crippen LogP contribution in [0.5, 0.6) is 5.88 Å². The third-order valence-corrected chi connectivity index (χ3v) is 6.22. The van der Waals surface area contributed by atoms with Crippen LogP contribution < -0.4 is 16.2 Å². The average Bonchev–Trinajstić information content (AvgIpc) is 3.46. The van der Waals surface area contributed by atoms with Crippen molar-refractivity contribution in [2.45, 2.75) is 44.7 Å². The highest BCUT2D eigenvalue weighted by atomic mass is 16.5. The number of amides is 1. The molecule has 2 aliphatic heterocycles. The van der Waals surface area contributed by atoms with Crippen LogP contribution >= 0.6 is 0 Å². The van der Waals surface area contributed by atoms with Gasteiger partial charge in [0.25, 0.3) is 11.5 Å². The maximum atomic E-state index is 13.1. The normalized spacial score (nSPS) is 20.3. The van der Waals surface area contributed by atoms with Crippen molar-refractivity contribution in [3.05, 3.63) is 33.8 Å². The first-order valence-corrected chi connectivity index (χ1v) is 10.8. The zero-order valence-electron chi connectivity index (χ0n) is 16.9. The zero-order chi connectivity index (χ0) is 20.7. The van der Waals surface area contributed by atoms with Gasteiger partial charge in [-0.25, -0.2) is 0 Å². The summed E-state index contributed by atoms with van der Waals surface area (Å²) >= 11 is 0. The molecule has 1 amide bonds. The summed E-state index contributed by atoms with van der Waals surface area (Å²) in [5, 5.41) is 21.6. The molecule has 2 fully saturated rings. The van der Waals surface area contributed by atoms with Crippen LogP contribution in [-0.2, 0) is 11.3 Å². The van der Waals surface area contributed by atoms with E-state index in [0.717, 1.165) is 56.3 Å². The molecule has 0 spiro atoms. The van der Waals surface area contributed by atoms with Gasteiger partial charge < -0.3 is 20.5 Å². The van der Waals surface area contributed by atoms with E-state index in [9.17, 15) is 14.7 Å². The Bertz CT molecular complexity index is 1060. The molecular formula is C21H27N5O4. The number of hydrogen-bond donors (Lipinski definition) is 3. The minimum absolute atomic E-state index is 0.0871. The van der Waals surface area contributed by atoms with Crippen LogP contribution in [0.25, 0.3) is 11.2 Å². The van der Waals surface area contributed by atoms with E-state index < -0.39 is 11.5 Å². The quantitative estimate of drug-likeness (QED) is 0.672. The second-order valence-corrected chi connectivity index (χ2v) is 8.39. The lowest BCUT2D eigenvalue weighted by atomic mass is 9.99. The number of carbonyl (C=O) groups excluding carboxylic acids is 1. The van der Waals surface area contributed by atoms with E-state index in [2.05, 4.69) is 21.8 Å². The van der Waals surface area contributed by atoms with Crippen LogP contribution in [0.2, 0.25) is 0 Å². The predicted molar refractivity (Wildman–Crippen MR) is 111 cm³/mol. The molecule has 1 saturated heterocycles. The van der Waals surface area contributed by atoms with Crippen LogP contribution in [0.3, 0.4) is 0 Å². The average molecular weight is 413 g/mol. The van der Waals surface area contributed by atoms with Crippen LogP contribution in [0.15, 0.2) is 17.1 Å². The summed E-state index contributed by atoms with van der Waals surface area (Å²) in [5.41, 5.74) is 1.68. The van der Waals surface area contributed by atoms with Crippen molar-refractivity contribution >= 4 is 17.1 Å². The summed E-state index contributed by atoms with van der Waals surface area (Å²) in [4.78, 5) is 25.9. The maximum absolute atomic E-state index is 13.1. The summed E-state index contributed by atoms with van der Waals surface area (Å²) < 4.78 is 8.46. The van der Waals surface area contributed by atoms with Crippen LogP contribution in [0.1, 0.15) is 48.0 Å². The molecule has 3 aliphatic rings. The molecular weight excluding hydrogens is 386 g/mol. The Morgan fingerprint density at radius 1 is 1.30 bits per heavy atom. The molecule has 4 heterocycles. The van der Waals surface area contributed by atoms with Gasteiger partial charge in [-0.15, -0.1) is 0 Å². The van der Waals surface area contributed by atoms with Gasteiger partial charge in [-0.2, -0.15) is 9.61 Å². The second kappa shape index (κ2) is 7.88. The molecule has 1 aliphatic carbocycles.